The van der Waals surface area contributed by atoms with Gasteiger partial charge in [0.2, 0.25) is 0 Å². The summed E-state index contributed by atoms with van der Waals surface area (Å²) in [5.74, 6) is 0. The molecule has 0 fully saturated rings. The number of hydrogen-bond donors (Lipinski definition) is 0. The minimum atomic E-state index is -3.76. The van der Waals surface area contributed by atoms with Crippen molar-refractivity contribution in [1.82, 2.24) is 0 Å². The zero-order valence-corrected chi connectivity index (χ0v) is 35.8. The van der Waals surface area contributed by atoms with Crippen LogP contribution >= 0.6 is 0 Å². The second-order valence-corrected chi connectivity index (χ2v) is 74.4. The molecule has 0 heterocycles. The molecule has 0 saturated heterocycles. The third-order valence-corrected chi connectivity index (χ3v) is 75.0. The summed E-state index contributed by atoms with van der Waals surface area (Å²) in [6.45, 7) is 19.8. The van der Waals surface area contributed by atoms with Gasteiger partial charge >= 0.3 is 278 Å². The zero-order chi connectivity index (χ0) is 32.4. The molecule has 0 spiro atoms. The molecule has 4 aromatic rings. The van der Waals surface area contributed by atoms with Crippen LogP contribution < -0.4 is 10.4 Å². The third-order valence-electron chi connectivity index (χ3n) is 11.8. The normalized spacial score (nSPS) is 17.8. The molecule has 2 atom stereocenters. The van der Waals surface area contributed by atoms with Crippen LogP contribution in [-0.4, -0.2) is 21.6 Å². The average Bonchev–Trinajstić information content (AvgIpc) is 3.66. The maximum atomic E-state index is 2.86. The standard InChI is InChI=1S/2C18H19Si.C3H8Si.2CH3.Hf/c2*1-19(2,3)16-12-10-15(11-13-16)18-9-5-7-14-6-4-8-17(14)18;1-3-4-2;;;/h2*4-13H,1-3H3;3H2,1-2H3;2*1H3;. The van der Waals surface area contributed by atoms with E-state index < -0.39 is 38.8 Å². The summed E-state index contributed by atoms with van der Waals surface area (Å²) in [6.07, 6.45) is 10.3. The fourth-order valence-electron chi connectivity index (χ4n) is 8.31. The van der Waals surface area contributed by atoms with Gasteiger partial charge in [0.1, 0.15) is 0 Å². The summed E-state index contributed by atoms with van der Waals surface area (Å²) < 4.78 is 6.84. The van der Waals surface area contributed by atoms with Gasteiger partial charge in [-0.05, 0) is 0 Å². The van der Waals surface area contributed by atoms with Gasteiger partial charge in [0.25, 0.3) is 0 Å². The number of fused-ring (bicyclic) bond motifs is 2. The van der Waals surface area contributed by atoms with Crippen molar-refractivity contribution in [1.29, 1.82) is 0 Å². The van der Waals surface area contributed by atoms with E-state index in [0.717, 1.165) is 0 Å². The molecule has 0 nitrogen and oxygen atoms in total. The maximum absolute atomic E-state index is 3.76. The summed E-state index contributed by atoms with van der Waals surface area (Å²) in [7, 11) is -2.65. The van der Waals surface area contributed by atoms with E-state index in [9.17, 15) is 0 Å². The molecule has 0 N–H and O–H groups in total. The van der Waals surface area contributed by atoms with Crippen LogP contribution in [0.2, 0.25) is 61.2 Å². The number of rotatable bonds is 7. The summed E-state index contributed by atoms with van der Waals surface area (Å²) in [4.78, 5) is 0. The molecule has 0 aromatic heterocycles. The molecule has 232 valence electrons. The van der Waals surface area contributed by atoms with E-state index in [1.807, 2.05) is 0 Å². The Morgan fingerprint density at radius 1 is 0.578 bits per heavy atom. The van der Waals surface area contributed by atoms with Gasteiger partial charge in [-0.1, -0.05) is 0 Å². The van der Waals surface area contributed by atoms with Gasteiger partial charge in [-0.15, -0.1) is 0 Å². The average molecular weight is 808 g/mol. The topological polar surface area (TPSA) is 0 Å². The number of hydrogen-bond acceptors (Lipinski definition) is 0. The summed E-state index contributed by atoms with van der Waals surface area (Å²) in [5.41, 5.74) is 11.1. The predicted octanol–water partition coefficient (Wildman–Crippen LogP) is 11.4. The minimum absolute atomic E-state index is 0.567. The van der Waals surface area contributed by atoms with Crippen LogP contribution in [0.5, 0.6) is 0 Å². The SMILES string of the molecule is CC[Si](C)=[Hf]([CH3])([CH3])([CH]1C=Cc2c(-c3ccc([Si](C)(C)C)cc3)cccc21)[CH]1C=Cc2c(-c3ccc([Si](C)(C)C)cc3)cccc21. The van der Waals surface area contributed by atoms with Gasteiger partial charge < -0.3 is 0 Å². The second kappa shape index (κ2) is 11.5. The van der Waals surface area contributed by atoms with Gasteiger partial charge in [0.15, 0.2) is 0 Å². The van der Waals surface area contributed by atoms with Crippen LogP contribution in [0.4, 0.5) is 0 Å². The monoisotopic (exact) mass is 808 g/mol. The van der Waals surface area contributed by atoms with Crippen molar-refractivity contribution < 1.29 is 17.1 Å². The molecule has 0 saturated carbocycles. The van der Waals surface area contributed by atoms with Gasteiger partial charge in [-0.3, -0.25) is 0 Å². The Morgan fingerprint density at radius 3 is 1.29 bits per heavy atom. The number of benzene rings is 4. The Bertz CT molecular complexity index is 1770. The van der Waals surface area contributed by atoms with Crippen molar-refractivity contribution in [2.75, 3.05) is 0 Å². The van der Waals surface area contributed by atoms with E-state index in [1.165, 1.54) is 49.8 Å². The van der Waals surface area contributed by atoms with Crippen molar-refractivity contribution in [2.45, 2.75) is 75.5 Å². The fraction of sp³-hybridized carbons (Fsp3) is 0.317. The Labute approximate surface area is 276 Å². The van der Waals surface area contributed by atoms with Crippen LogP contribution in [0, 0.1) is 0 Å². The quantitative estimate of drug-likeness (QED) is 0.163. The molecule has 4 aromatic carbocycles. The molecular weight excluding hydrogens is 755 g/mol. The molecule has 0 bridgehead atoms. The Balaban J connectivity index is 1.45. The molecule has 45 heavy (non-hydrogen) atoms. The van der Waals surface area contributed by atoms with Crippen molar-refractivity contribution >= 4 is 44.2 Å². The fourth-order valence-corrected chi connectivity index (χ4v) is 55.4. The Hall–Kier alpha value is -2.12. The van der Waals surface area contributed by atoms with E-state index in [1.54, 1.807) is 11.1 Å². The van der Waals surface area contributed by atoms with Gasteiger partial charge in [-0.2, -0.15) is 0 Å². The van der Waals surface area contributed by atoms with Gasteiger partial charge in [-0.25, -0.2) is 0 Å². The molecule has 6 rings (SSSR count). The molecule has 4 heteroatoms. The van der Waals surface area contributed by atoms with Crippen LogP contribution in [0.25, 0.3) is 34.4 Å². The third kappa shape index (κ3) is 5.52. The van der Waals surface area contributed by atoms with Gasteiger partial charge in [0.05, 0.1) is 0 Å². The van der Waals surface area contributed by atoms with Crippen molar-refractivity contribution in [3.05, 3.63) is 119 Å². The van der Waals surface area contributed by atoms with Gasteiger partial charge in [0, 0.05) is 0 Å². The van der Waals surface area contributed by atoms with E-state index in [0.29, 0.717) is 7.35 Å². The Morgan fingerprint density at radius 2 is 0.956 bits per heavy atom. The molecule has 0 radical (unpaired) electrons. The van der Waals surface area contributed by atoms with Crippen LogP contribution in [-0.2, 0) is 17.1 Å². The van der Waals surface area contributed by atoms with E-state index in [-0.39, 0.29) is 0 Å². The molecule has 2 unspecified atom stereocenters. The van der Waals surface area contributed by atoms with Crippen LogP contribution in [0.3, 0.4) is 0 Å². The van der Waals surface area contributed by atoms with Crippen molar-refractivity contribution in [3.8, 4) is 22.3 Å². The first-order valence-electron chi connectivity index (χ1n) is 17.0. The predicted molar refractivity (Wildman–Crippen MR) is 207 cm³/mol. The van der Waals surface area contributed by atoms with Crippen molar-refractivity contribution in [3.63, 3.8) is 0 Å². The van der Waals surface area contributed by atoms with Crippen LogP contribution in [0.1, 0.15) is 36.5 Å². The van der Waals surface area contributed by atoms with E-state index in [2.05, 4.69) is 171 Å². The van der Waals surface area contributed by atoms with E-state index >= 15 is 0 Å². The van der Waals surface area contributed by atoms with Crippen molar-refractivity contribution in [2.24, 2.45) is 0 Å². The second-order valence-electron chi connectivity index (χ2n) is 16.7. The molecule has 0 amide bonds. The van der Waals surface area contributed by atoms with E-state index in [4.69, 9.17) is 0 Å². The van der Waals surface area contributed by atoms with Crippen LogP contribution in [0.15, 0.2) is 97.1 Å². The first-order valence-corrected chi connectivity index (χ1v) is 42.9. The molecule has 0 aliphatic heterocycles. The Kier molecular flexibility index (Phi) is 8.41. The summed E-state index contributed by atoms with van der Waals surface area (Å²) in [6, 6.07) is 34.8. The number of allylic oxidation sites excluding steroid dienone is 2. The first-order chi connectivity index (χ1) is 21.1. The zero-order valence-electron chi connectivity index (χ0n) is 29.3. The molecule has 2 aliphatic carbocycles. The molecular formula is C41H52HfSi3. The molecule has 2 aliphatic rings. The first kappa shape index (κ1) is 32.8. The summed E-state index contributed by atoms with van der Waals surface area (Å²) in [5, 5.41) is 3.06. The summed E-state index contributed by atoms with van der Waals surface area (Å²) >= 11 is -3.76.